The van der Waals surface area contributed by atoms with E-state index in [1.165, 1.54) is 0 Å². The molecule has 2 aliphatic heterocycles. The van der Waals surface area contributed by atoms with Gasteiger partial charge in [0.05, 0.1) is 6.54 Å². The molecule has 2 aliphatic rings. The highest BCUT2D eigenvalue weighted by molar-refractivity contribution is 6.30. The molecule has 1 fully saturated rings. The third-order valence-corrected chi connectivity index (χ3v) is 4.06. The molecule has 1 saturated heterocycles. The summed E-state index contributed by atoms with van der Waals surface area (Å²) in [6, 6.07) is 3.77. The number of benzene rings is 1. The summed E-state index contributed by atoms with van der Waals surface area (Å²) >= 11 is 6.05. The Bertz CT molecular complexity index is 599. The Morgan fingerprint density at radius 2 is 2.35 bits per heavy atom. The molecule has 0 radical (unpaired) electrons. The number of hydrogen-bond donors (Lipinski definition) is 1. The van der Waals surface area contributed by atoms with Crippen LogP contribution in [0.3, 0.4) is 0 Å². The van der Waals surface area contributed by atoms with Gasteiger partial charge in [-0.2, -0.15) is 0 Å². The lowest BCUT2D eigenvalue weighted by Gasteiger charge is -2.32. The van der Waals surface area contributed by atoms with Crippen molar-refractivity contribution >= 4 is 23.6 Å². The number of aryl methyl sites for hydroxylation is 1. The number of likely N-dealkylation sites (tertiary alicyclic amines) is 1. The van der Waals surface area contributed by atoms with Gasteiger partial charge >= 0.3 is 5.97 Å². The number of carboxylic acids is 1. The van der Waals surface area contributed by atoms with Crippen LogP contribution in [0.4, 0.5) is 0 Å². The molecule has 2 heterocycles. The van der Waals surface area contributed by atoms with Gasteiger partial charge in [0.2, 0.25) is 0 Å². The van der Waals surface area contributed by atoms with Crippen molar-refractivity contribution in [1.82, 2.24) is 4.90 Å². The maximum Gasteiger partial charge on any atom is 0.317 e. The van der Waals surface area contributed by atoms with E-state index in [0.29, 0.717) is 11.6 Å². The van der Waals surface area contributed by atoms with Crippen LogP contribution in [0, 0.1) is 6.92 Å². The summed E-state index contributed by atoms with van der Waals surface area (Å²) in [5, 5.41) is 9.58. The molecule has 0 saturated carbocycles. The zero-order valence-corrected chi connectivity index (χ0v) is 12.0. The minimum absolute atomic E-state index is 0.0609. The minimum atomic E-state index is -0.801. The molecule has 0 aliphatic carbocycles. The second-order valence-electron chi connectivity index (χ2n) is 5.50. The fourth-order valence-electron chi connectivity index (χ4n) is 2.93. The van der Waals surface area contributed by atoms with E-state index in [9.17, 15) is 4.79 Å². The number of ether oxygens (including phenoxy) is 1. The van der Waals surface area contributed by atoms with Gasteiger partial charge in [0.1, 0.15) is 11.4 Å². The summed E-state index contributed by atoms with van der Waals surface area (Å²) in [5.74, 6) is 0.0549. The molecule has 1 aromatic rings. The van der Waals surface area contributed by atoms with E-state index in [1.807, 2.05) is 36.1 Å². The van der Waals surface area contributed by atoms with Gasteiger partial charge in [0, 0.05) is 30.1 Å². The average Bonchev–Trinajstić information content (AvgIpc) is 2.73. The number of carbonyl (C=O) groups is 1. The molecule has 3 rings (SSSR count). The van der Waals surface area contributed by atoms with Gasteiger partial charge in [-0.3, -0.25) is 9.69 Å². The zero-order chi connectivity index (χ0) is 14.3. The third kappa shape index (κ3) is 2.41. The van der Waals surface area contributed by atoms with Gasteiger partial charge < -0.3 is 9.84 Å². The van der Waals surface area contributed by atoms with Crippen LogP contribution in [0.2, 0.25) is 5.02 Å². The SMILES string of the molecule is Cc1cc(Cl)cc2c1OC1(C=C2)CCN(CC(=O)O)C1. The van der Waals surface area contributed by atoms with Crippen LogP contribution in [0.15, 0.2) is 18.2 Å². The fourth-order valence-corrected chi connectivity index (χ4v) is 3.21. The van der Waals surface area contributed by atoms with E-state index in [4.69, 9.17) is 21.4 Å². The maximum absolute atomic E-state index is 10.8. The summed E-state index contributed by atoms with van der Waals surface area (Å²) in [6.45, 7) is 3.38. The molecule has 1 N–H and O–H groups in total. The van der Waals surface area contributed by atoms with Gasteiger partial charge in [-0.25, -0.2) is 0 Å². The van der Waals surface area contributed by atoms with Gasteiger partial charge in [-0.15, -0.1) is 0 Å². The van der Waals surface area contributed by atoms with Crippen molar-refractivity contribution in [2.75, 3.05) is 19.6 Å². The molecule has 0 bridgehead atoms. The van der Waals surface area contributed by atoms with E-state index in [2.05, 4.69) is 0 Å². The van der Waals surface area contributed by atoms with Crippen molar-refractivity contribution in [2.24, 2.45) is 0 Å². The smallest absolute Gasteiger partial charge is 0.317 e. The molecule has 1 aromatic carbocycles. The first-order valence-corrected chi connectivity index (χ1v) is 6.98. The molecular weight excluding hydrogens is 278 g/mol. The van der Waals surface area contributed by atoms with Crippen LogP contribution < -0.4 is 4.74 Å². The predicted octanol–water partition coefficient (Wildman–Crippen LogP) is 2.58. The van der Waals surface area contributed by atoms with E-state index in [0.717, 1.165) is 29.8 Å². The minimum Gasteiger partial charge on any atom is -0.481 e. The Morgan fingerprint density at radius 3 is 3.10 bits per heavy atom. The highest BCUT2D eigenvalue weighted by Gasteiger charge is 2.40. The molecule has 1 atom stereocenters. The maximum atomic E-state index is 10.8. The summed E-state index contributed by atoms with van der Waals surface area (Å²) in [7, 11) is 0. The van der Waals surface area contributed by atoms with Crippen molar-refractivity contribution in [3.05, 3.63) is 34.4 Å². The lowest BCUT2D eigenvalue weighted by atomic mass is 9.96. The molecule has 1 spiro atoms. The Labute approximate surface area is 122 Å². The predicted molar refractivity (Wildman–Crippen MR) is 77.3 cm³/mol. The zero-order valence-electron chi connectivity index (χ0n) is 11.2. The quantitative estimate of drug-likeness (QED) is 0.910. The Kier molecular flexibility index (Phi) is 3.22. The molecule has 0 aromatic heterocycles. The molecular formula is C15H16ClNO3. The summed E-state index contributed by atoms with van der Waals surface area (Å²) in [4.78, 5) is 12.7. The molecule has 0 amide bonds. The number of hydrogen-bond acceptors (Lipinski definition) is 3. The third-order valence-electron chi connectivity index (χ3n) is 3.84. The standard InChI is InChI=1S/C15H16ClNO3/c1-10-6-12(16)7-11-2-3-15(20-14(10)11)4-5-17(9-15)8-13(18)19/h2-3,6-7H,4-5,8-9H2,1H3,(H,18,19). The van der Waals surface area contributed by atoms with Crippen LogP contribution in [-0.4, -0.2) is 41.2 Å². The molecule has 5 heteroatoms. The van der Waals surface area contributed by atoms with Crippen LogP contribution in [0.25, 0.3) is 6.08 Å². The fraction of sp³-hybridized carbons (Fsp3) is 0.400. The average molecular weight is 294 g/mol. The van der Waals surface area contributed by atoms with E-state index in [-0.39, 0.29) is 6.54 Å². The van der Waals surface area contributed by atoms with Gasteiger partial charge in [0.15, 0.2) is 0 Å². The number of halogens is 1. The Morgan fingerprint density at radius 1 is 1.55 bits per heavy atom. The van der Waals surface area contributed by atoms with Gasteiger partial charge in [-0.1, -0.05) is 17.7 Å². The Balaban J connectivity index is 1.85. The van der Waals surface area contributed by atoms with E-state index >= 15 is 0 Å². The number of aliphatic carboxylic acids is 1. The Hall–Kier alpha value is -1.52. The monoisotopic (exact) mass is 293 g/mol. The highest BCUT2D eigenvalue weighted by Crippen LogP contribution is 2.39. The number of fused-ring (bicyclic) bond motifs is 1. The normalized spacial score (nSPS) is 24.7. The lowest BCUT2D eigenvalue weighted by molar-refractivity contribution is -0.138. The number of rotatable bonds is 2. The first-order chi connectivity index (χ1) is 9.47. The molecule has 106 valence electrons. The first kappa shape index (κ1) is 13.5. The van der Waals surface area contributed by atoms with Crippen molar-refractivity contribution in [3.63, 3.8) is 0 Å². The topological polar surface area (TPSA) is 49.8 Å². The summed E-state index contributed by atoms with van der Waals surface area (Å²) in [6.07, 6.45) is 4.87. The van der Waals surface area contributed by atoms with Crippen LogP contribution in [0.1, 0.15) is 17.5 Å². The van der Waals surface area contributed by atoms with Crippen molar-refractivity contribution in [3.8, 4) is 5.75 Å². The van der Waals surface area contributed by atoms with E-state index < -0.39 is 11.6 Å². The van der Waals surface area contributed by atoms with Crippen LogP contribution in [-0.2, 0) is 4.79 Å². The summed E-state index contributed by atoms with van der Waals surface area (Å²) < 4.78 is 6.20. The van der Waals surface area contributed by atoms with Gasteiger partial charge in [0.25, 0.3) is 0 Å². The second kappa shape index (κ2) is 4.79. The van der Waals surface area contributed by atoms with Gasteiger partial charge in [-0.05, 0) is 30.7 Å². The van der Waals surface area contributed by atoms with Crippen LogP contribution >= 0.6 is 11.6 Å². The second-order valence-corrected chi connectivity index (χ2v) is 5.93. The van der Waals surface area contributed by atoms with Crippen molar-refractivity contribution in [2.45, 2.75) is 18.9 Å². The highest BCUT2D eigenvalue weighted by atomic mass is 35.5. The van der Waals surface area contributed by atoms with Crippen molar-refractivity contribution in [1.29, 1.82) is 0 Å². The molecule has 20 heavy (non-hydrogen) atoms. The first-order valence-electron chi connectivity index (χ1n) is 6.60. The lowest BCUT2D eigenvalue weighted by Crippen LogP contribution is -2.40. The molecule has 1 unspecified atom stereocenters. The molecule has 4 nitrogen and oxygen atoms in total. The van der Waals surface area contributed by atoms with Crippen LogP contribution in [0.5, 0.6) is 5.75 Å². The number of carboxylic acid groups (broad SMARTS) is 1. The number of nitrogens with zero attached hydrogens (tertiary/aromatic N) is 1. The van der Waals surface area contributed by atoms with E-state index in [1.54, 1.807) is 0 Å². The summed E-state index contributed by atoms with van der Waals surface area (Å²) in [5.41, 5.74) is 1.59. The largest absolute Gasteiger partial charge is 0.481 e. The van der Waals surface area contributed by atoms with Crippen molar-refractivity contribution < 1.29 is 14.6 Å².